The second kappa shape index (κ2) is 5.13. The zero-order valence-corrected chi connectivity index (χ0v) is 11.4. The Labute approximate surface area is 102 Å². The maximum absolute atomic E-state index is 5.43. The SMILES string of the molecule is COc1c(C)cc([SH]2CCCCC2)cc1C. The first-order valence-electron chi connectivity index (χ1n) is 6.12. The summed E-state index contributed by atoms with van der Waals surface area (Å²) in [6, 6.07) is 4.70. The Balaban J connectivity index is 2.28. The molecule has 0 radical (unpaired) electrons. The van der Waals surface area contributed by atoms with Crippen LogP contribution in [0.2, 0.25) is 0 Å². The molecule has 0 atom stereocenters. The number of rotatable bonds is 2. The van der Waals surface area contributed by atoms with E-state index in [9.17, 15) is 0 Å². The molecule has 0 amide bonds. The molecular weight excluding hydrogens is 216 g/mol. The third-order valence-electron chi connectivity index (χ3n) is 3.37. The maximum atomic E-state index is 5.43. The van der Waals surface area contributed by atoms with Crippen LogP contribution in [0.5, 0.6) is 5.75 Å². The molecule has 1 aliphatic rings. The van der Waals surface area contributed by atoms with Gasteiger partial charge in [-0.2, -0.15) is 0 Å². The normalized spacial score (nSPS) is 18.6. The van der Waals surface area contributed by atoms with Gasteiger partial charge in [0.1, 0.15) is 5.75 Å². The number of ether oxygens (including phenoxy) is 1. The van der Waals surface area contributed by atoms with E-state index in [1.165, 1.54) is 41.9 Å². The van der Waals surface area contributed by atoms with Crippen molar-refractivity contribution in [1.82, 2.24) is 0 Å². The van der Waals surface area contributed by atoms with Gasteiger partial charge in [-0.05, 0) is 66.3 Å². The standard InChI is InChI=1S/C14H22OS/c1-11-9-13(10-12(2)14(11)15-3)16-7-5-4-6-8-16/h9-10,16H,4-8H2,1-3H3. The minimum atomic E-state index is 0.128. The summed E-state index contributed by atoms with van der Waals surface area (Å²) in [5.74, 6) is 3.93. The highest BCUT2D eigenvalue weighted by atomic mass is 32.2. The molecule has 0 aliphatic carbocycles. The van der Waals surface area contributed by atoms with Crippen molar-refractivity contribution in [2.75, 3.05) is 18.6 Å². The molecule has 0 aromatic heterocycles. The number of aryl methyl sites for hydroxylation is 2. The maximum Gasteiger partial charge on any atom is 0.124 e. The molecule has 90 valence electrons. The van der Waals surface area contributed by atoms with Crippen molar-refractivity contribution in [3.63, 3.8) is 0 Å². The molecule has 2 rings (SSSR count). The molecule has 1 aromatic rings. The molecule has 2 heteroatoms. The quantitative estimate of drug-likeness (QED) is 0.770. The van der Waals surface area contributed by atoms with Crippen molar-refractivity contribution < 1.29 is 4.74 Å². The van der Waals surface area contributed by atoms with Gasteiger partial charge in [-0.1, -0.05) is 6.42 Å². The lowest BCUT2D eigenvalue weighted by atomic mass is 10.1. The average Bonchev–Trinajstić information content (AvgIpc) is 2.30. The summed E-state index contributed by atoms with van der Waals surface area (Å²) in [5, 5.41) is 0. The topological polar surface area (TPSA) is 9.23 Å². The van der Waals surface area contributed by atoms with Gasteiger partial charge in [-0.25, -0.2) is 10.9 Å². The van der Waals surface area contributed by atoms with E-state index >= 15 is 0 Å². The summed E-state index contributed by atoms with van der Waals surface area (Å²) >= 11 is 0. The predicted octanol–water partition coefficient (Wildman–Crippen LogP) is 3.86. The summed E-state index contributed by atoms with van der Waals surface area (Å²) in [7, 11) is 1.89. The zero-order chi connectivity index (χ0) is 11.5. The first-order chi connectivity index (χ1) is 7.72. The van der Waals surface area contributed by atoms with E-state index in [1.54, 1.807) is 12.0 Å². The zero-order valence-electron chi connectivity index (χ0n) is 10.5. The van der Waals surface area contributed by atoms with Gasteiger partial charge in [0, 0.05) is 0 Å². The van der Waals surface area contributed by atoms with Crippen LogP contribution in [0.15, 0.2) is 17.0 Å². The number of methoxy groups -OCH3 is 1. The lowest BCUT2D eigenvalue weighted by Gasteiger charge is -2.27. The summed E-state index contributed by atoms with van der Waals surface area (Å²) in [5.41, 5.74) is 2.59. The Morgan fingerprint density at radius 2 is 1.56 bits per heavy atom. The number of benzene rings is 1. The molecule has 1 saturated heterocycles. The van der Waals surface area contributed by atoms with Crippen LogP contribution in [0.4, 0.5) is 0 Å². The Morgan fingerprint density at radius 1 is 1.00 bits per heavy atom. The highest BCUT2D eigenvalue weighted by Crippen LogP contribution is 2.43. The molecule has 0 saturated carbocycles. The van der Waals surface area contributed by atoms with Gasteiger partial charge in [-0.3, -0.25) is 0 Å². The van der Waals surface area contributed by atoms with Crippen molar-refractivity contribution in [2.24, 2.45) is 0 Å². The van der Waals surface area contributed by atoms with Crippen LogP contribution in [0, 0.1) is 13.8 Å². The Hall–Kier alpha value is -0.630. The minimum Gasteiger partial charge on any atom is -0.496 e. The Kier molecular flexibility index (Phi) is 3.80. The van der Waals surface area contributed by atoms with Gasteiger partial charge in [0.15, 0.2) is 0 Å². The monoisotopic (exact) mass is 238 g/mol. The van der Waals surface area contributed by atoms with Crippen LogP contribution in [-0.2, 0) is 0 Å². The van der Waals surface area contributed by atoms with Crippen molar-refractivity contribution in [1.29, 1.82) is 0 Å². The highest BCUT2D eigenvalue weighted by Gasteiger charge is 2.14. The van der Waals surface area contributed by atoms with E-state index in [2.05, 4.69) is 26.0 Å². The molecule has 1 heterocycles. The molecular formula is C14H22OS. The molecule has 1 aliphatic heterocycles. The second-order valence-electron chi connectivity index (χ2n) is 4.66. The van der Waals surface area contributed by atoms with Crippen LogP contribution in [-0.4, -0.2) is 18.6 Å². The van der Waals surface area contributed by atoms with Crippen LogP contribution in [0.1, 0.15) is 30.4 Å². The molecule has 0 unspecified atom stereocenters. The van der Waals surface area contributed by atoms with Gasteiger partial charge in [0.2, 0.25) is 0 Å². The van der Waals surface area contributed by atoms with Gasteiger partial charge in [0.25, 0.3) is 0 Å². The Bertz CT molecular complexity index is 344. The molecule has 1 fully saturated rings. The fraction of sp³-hybridized carbons (Fsp3) is 0.571. The fourth-order valence-corrected chi connectivity index (χ4v) is 5.29. The summed E-state index contributed by atoms with van der Waals surface area (Å²) < 4.78 is 5.43. The third-order valence-corrected chi connectivity index (χ3v) is 6.07. The van der Waals surface area contributed by atoms with Crippen molar-refractivity contribution >= 4 is 10.9 Å². The Morgan fingerprint density at radius 3 is 2.06 bits per heavy atom. The predicted molar refractivity (Wildman–Crippen MR) is 73.3 cm³/mol. The van der Waals surface area contributed by atoms with Crippen LogP contribution < -0.4 is 4.74 Å². The molecule has 0 bridgehead atoms. The van der Waals surface area contributed by atoms with Gasteiger partial charge >= 0.3 is 0 Å². The van der Waals surface area contributed by atoms with E-state index in [0.29, 0.717) is 0 Å². The minimum absolute atomic E-state index is 0.128. The lowest BCUT2D eigenvalue weighted by Crippen LogP contribution is -2.04. The van der Waals surface area contributed by atoms with E-state index in [0.717, 1.165) is 5.75 Å². The van der Waals surface area contributed by atoms with Crippen LogP contribution in [0.25, 0.3) is 0 Å². The first kappa shape index (κ1) is 11.8. The van der Waals surface area contributed by atoms with Crippen LogP contribution >= 0.6 is 10.9 Å². The van der Waals surface area contributed by atoms with E-state index in [-0.39, 0.29) is 10.9 Å². The largest absolute Gasteiger partial charge is 0.496 e. The lowest BCUT2D eigenvalue weighted by molar-refractivity contribution is 0.408. The molecule has 1 nitrogen and oxygen atoms in total. The van der Waals surface area contributed by atoms with Crippen molar-refractivity contribution in [2.45, 2.75) is 38.0 Å². The van der Waals surface area contributed by atoms with E-state index in [1.807, 2.05) is 0 Å². The summed E-state index contributed by atoms with van der Waals surface area (Å²) in [4.78, 5) is 1.59. The molecule has 1 aromatic carbocycles. The van der Waals surface area contributed by atoms with Gasteiger partial charge in [0.05, 0.1) is 7.11 Å². The highest BCUT2D eigenvalue weighted by molar-refractivity contribution is 8.17. The third kappa shape index (κ3) is 2.37. The summed E-state index contributed by atoms with van der Waals surface area (Å²) in [6.45, 7) is 4.32. The molecule has 16 heavy (non-hydrogen) atoms. The van der Waals surface area contributed by atoms with Crippen molar-refractivity contribution in [3.8, 4) is 5.75 Å². The number of hydrogen-bond acceptors (Lipinski definition) is 1. The van der Waals surface area contributed by atoms with E-state index in [4.69, 9.17) is 4.74 Å². The number of hydrogen-bond donors (Lipinski definition) is 1. The van der Waals surface area contributed by atoms with Gasteiger partial charge < -0.3 is 4.74 Å². The second-order valence-corrected chi connectivity index (χ2v) is 7.15. The first-order valence-corrected chi connectivity index (χ1v) is 7.84. The molecule has 0 N–H and O–H groups in total. The van der Waals surface area contributed by atoms with Crippen molar-refractivity contribution in [3.05, 3.63) is 23.3 Å². The average molecular weight is 238 g/mol. The van der Waals surface area contributed by atoms with Crippen LogP contribution in [0.3, 0.4) is 0 Å². The molecule has 0 spiro atoms. The van der Waals surface area contributed by atoms with Gasteiger partial charge in [-0.15, -0.1) is 0 Å². The number of thiol groups is 1. The fourth-order valence-electron chi connectivity index (χ4n) is 2.58. The smallest absolute Gasteiger partial charge is 0.124 e. The summed E-state index contributed by atoms with van der Waals surface area (Å²) in [6.07, 6.45) is 4.29. The van der Waals surface area contributed by atoms with E-state index < -0.39 is 0 Å².